The van der Waals surface area contributed by atoms with E-state index in [2.05, 4.69) is 12.2 Å². The predicted molar refractivity (Wildman–Crippen MR) is 72.7 cm³/mol. The first-order valence-corrected chi connectivity index (χ1v) is 7.52. The smallest absolute Gasteiger partial charge is 0.188 e. The molecule has 0 saturated carbocycles. The number of hydrogen-bond acceptors (Lipinski definition) is 3. The van der Waals surface area contributed by atoms with E-state index in [1.54, 1.807) is 0 Å². The maximum Gasteiger partial charge on any atom is 0.188 e. The van der Waals surface area contributed by atoms with Crippen LogP contribution in [0.3, 0.4) is 0 Å². The van der Waals surface area contributed by atoms with Crippen molar-refractivity contribution in [3.8, 4) is 0 Å². The number of nitrogens with one attached hydrogen (secondary N) is 1. The molecule has 0 aliphatic rings. The van der Waals surface area contributed by atoms with Crippen molar-refractivity contribution in [3.05, 3.63) is 35.9 Å². The lowest BCUT2D eigenvalue weighted by Crippen LogP contribution is -2.21. The molecule has 4 heteroatoms. The minimum Gasteiger partial charge on any atom is -0.349 e. The molecular weight excluding hydrogens is 233 g/mol. The molecule has 1 aromatic carbocycles. The van der Waals surface area contributed by atoms with E-state index in [-0.39, 0.29) is 5.78 Å². The molecule has 3 nitrogen and oxygen atoms in total. The lowest BCUT2D eigenvalue weighted by Gasteiger charge is -2.19. The Kier molecular flexibility index (Phi) is 7.38. The molecule has 96 valence electrons. The van der Waals surface area contributed by atoms with Gasteiger partial charge in [0.25, 0.3) is 0 Å². The van der Waals surface area contributed by atoms with Crippen LogP contribution >= 0.6 is 8.38 Å². The van der Waals surface area contributed by atoms with Gasteiger partial charge in [-0.15, -0.1) is 0 Å². The van der Waals surface area contributed by atoms with E-state index in [1.165, 1.54) is 19.3 Å². The lowest BCUT2D eigenvalue weighted by molar-refractivity contribution is 0.445. The first-order valence-electron chi connectivity index (χ1n) is 6.21. The van der Waals surface area contributed by atoms with Crippen LogP contribution in [0.2, 0.25) is 0 Å². The van der Waals surface area contributed by atoms with Crippen LogP contribution in [-0.2, 0) is 0 Å². The summed E-state index contributed by atoms with van der Waals surface area (Å²) in [6, 6.07) is 9.61. The number of hydrogen-bond donors (Lipinski definition) is 3. The molecule has 1 aromatic rings. The van der Waals surface area contributed by atoms with Crippen LogP contribution in [-0.4, -0.2) is 16.3 Å². The van der Waals surface area contributed by atoms with Gasteiger partial charge in [-0.3, -0.25) is 0 Å². The Bertz CT molecular complexity index is 293. The molecule has 0 radical (unpaired) electrons. The van der Waals surface area contributed by atoms with Gasteiger partial charge in [0.2, 0.25) is 0 Å². The van der Waals surface area contributed by atoms with Crippen LogP contribution in [0.5, 0.6) is 0 Å². The maximum atomic E-state index is 9.43. The molecule has 1 unspecified atom stereocenters. The fourth-order valence-corrected chi connectivity index (χ4v) is 2.49. The van der Waals surface area contributed by atoms with Crippen molar-refractivity contribution >= 4 is 8.38 Å². The van der Waals surface area contributed by atoms with Gasteiger partial charge in [0, 0.05) is 0 Å². The summed E-state index contributed by atoms with van der Waals surface area (Å²) in [6.07, 6.45) is 4.74. The summed E-state index contributed by atoms with van der Waals surface area (Å²) in [5.74, 6) is -0.326. The molecule has 0 bridgehead atoms. The van der Waals surface area contributed by atoms with E-state index in [4.69, 9.17) is 0 Å². The molecular formula is C13H22NO2P. The molecule has 0 aliphatic heterocycles. The highest BCUT2D eigenvalue weighted by Crippen LogP contribution is 2.41. The Morgan fingerprint density at radius 3 is 2.41 bits per heavy atom. The Morgan fingerprint density at radius 2 is 1.82 bits per heavy atom. The zero-order valence-corrected chi connectivity index (χ0v) is 11.2. The molecule has 0 heterocycles. The zero-order chi connectivity index (χ0) is 12.5. The summed E-state index contributed by atoms with van der Waals surface area (Å²) in [5, 5.41) is 3.22. The third-order valence-corrected chi connectivity index (χ3v) is 3.66. The molecule has 0 aromatic heterocycles. The van der Waals surface area contributed by atoms with E-state index in [0.29, 0.717) is 0 Å². The topological polar surface area (TPSA) is 52.5 Å². The zero-order valence-electron chi connectivity index (χ0n) is 10.3. The molecule has 0 fully saturated rings. The van der Waals surface area contributed by atoms with Gasteiger partial charge in [-0.1, -0.05) is 56.5 Å². The van der Waals surface area contributed by atoms with E-state index in [9.17, 15) is 9.79 Å². The highest BCUT2D eigenvalue weighted by atomic mass is 31.2. The van der Waals surface area contributed by atoms with Crippen LogP contribution in [0.15, 0.2) is 30.3 Å². The lowest BCUT2D eigenvalue weighted by atomic mass is 10.2. The van der Waals surface area contributed by atoms with Crippen LogP contribution in [0.4, 0.5) is 0 Å². The molecule has 1 rings (SSSR count). The number of rotatable bonds is 8. The standard InChI is InChI=1S/C13H22NO2P/c1-2-3-4-8-11-14-13(17(15)16)12-9-6-5-7-10-12/h5-7,9-10,13-16H,2-4,8,11H2,1H3. The monoisotopic (exact) mass is 255 g/mol. The van der Waals surface area contributed by atoms with Crippen LogP contribution in [0.1, 0.15) is 44.0 Å². The highest BCUT2D eigenvalue weighted by Gasteiger charge is 2.18. The predicted octanol–water partition coefficient (Wildman–Crippen LogP) is 3.15. The van der Waals surface area contributed by atoms with Crippen molar-refractivity contribution < 1.29 is 9.79 Å². The average Bonchev–Trinajstić information content (AvgIpc) is 2.34. The molecule has 0 saturated heterocycles. The van der Waals surface area contributed by atoms with Crippen LogP contribution < -0.4 is 5.32 Å². The van der Waals surface area contributed by atoms with Gasteiger partial charge in [0.1, 0.15) is 5.78 Å². The minimum absolute atomic E-state index is 0.326. The summed E-state index contributed by atoms with van der Waals surface area (Å²) < 4.78 is 0. The summed E-state index contributed by atoms with van der Waals surface area (Å²) in [6.45, 7) is 3.01. The van der Waals surface area contributed by atoms with Crippen LogP contribution in [0.25, 0.3) is 0 Å². The minimum atomic E-state index is -1.98. The van der Waals surface area contributed by atoms with Gasteiger partial charge >= 0.3 is 0 Å². The third-order valence-electron chi connectivity index (χ3n) is 2.71. The van der Waals surface area contributed by atoms with Gasteiger partial charge < -0.3 is 15.1 Å². The Morgan fingerprint density at radius 1 is 1.12 bits per heavy atom. The van der Waals surface area contributed by atoms with Crippen molar-refractivity contribution in [2.24, 2.45) is 0 Å². The first kappa shape index (κ1) is 14.6. The summed E-state index contributed by atoms with van der Waals surface area (Å²) in [7, 11) is -1.98. The molecule has 0 amide bonds. The average molecular weight is 255 g/mol. The second kappa shape index (κ2) is 8.60. The largest absolute Gasteiger partial charge is 0.349 e. The Balaban J connectivity index is 2.40. The fraction of sp³-hybridized carbons (Fsp3) is 0.538. The van der Waals surface area contributed by atoms with Gasteiger partial charge in [-0.05, 0) is 18.5 Å². The second-order valence-electron chi connectivity index (χ2n) is 4.15. The number of benzene rings is 1. The Hall–Kier alpha value is -0.470. The highest BCUT2D eigenvalue weighted by molar-refractivity contribution is 7.45. The first-order chi connectivity index (χ1) is 8.25. The van der Waals surface area contributed by atoms with E-state index in [1.807, 2.05) is 30.3 Å². The van der Waals surface area contributed by atoms with Gasteiger partial charge in [-0.2, -0.15) is 0 Å². The van der Waals surface area contributed by atoms with Crippen molar-refractivity contribution in [3.63, 3.8) is 0 Å². The summed E-state index contributed by atoms with van der Waals surface area (Å²) in [5.41, 5.74) is 0.944. The summed E-state index contributed by atoms with van der Waals surface area (Å²) >= 11 is 0. The Labute approximate surface area is 105 Å². The van der Waals surface area contributed by atoms with E-state index >= 15 is 0 Å². The van der Waals surface area contributed by atoms with Crippen LogP contribution in [0, 0.1) is 0 Å². The third kappa shape index (κ3) is 5.60. The quantitative estimate of drug-likeness (QED) is 0.494. The van der Waals surface area contributed by atoms with Gasteiger partial charge in [-0.25, -0.2) is 0 Å². The van der Waals surface area contributed by atoms with Crippen molar-refractivity contribution in [2.45, 2.75) is 38.4 Å². The van der Waals surface area contributed by atoms with Gasteiger partial charge in [0.05, 0.1) is 0 Å². The maximum absolute atomic E-state index is 9.43. The fourth-order valence-electron chi connectivity index (χ4n) is 1.76. The SMILES string of the molecule is CCCCCCNC(c1ccccc1)P(O)O. The molecule has 17 heavy (non-hydrogen) atoms. The van der Waals surface area contributed by atoms with E-state index in [0.717, 1.165) is 18.5 Å². The number of unbranched alkanes of at least 4 members (excludes halogenated alkanes) is 3. The normalized spacial score (nSPS) is 12.9. The molecule has 0 aliphatic carbocycles. The molecule has 1 atom stereocenters. The van der Waals surface area contributed by atoms with Gasteiger partial charge in [0.15, 0.2) is 8.38 Å². The van der Waals surface area contributed by atoms with E-state index < -0.39 is 8.38 Å². The van der Waals surface area contributed by atoms with Crippen molar-refractivity contribution in [1.82, 2.24) is 5.32 Å². The molecule has 3 N–H and O–H groups in total. The van der Waals surface area contributed by atoms with Crippen molar-refractivity contribution in [1.29, 1.82) is 0 Å². The second-order valence-corrected chi connectivity index (χ2v) is 5.31. The molecule has 0 spiro atoms. The van der Waals surface area contributed by atoms with Crippen molar-refractivity contribution in [2.75, 3.05) is 6.54 Å². The summed E-state index contributed by atoms with van der Waals surface area (Å²) in [4.78, 5) is 18.9.